The van der Waals surface area contributed by atoms with Crippen LogP contribution in [0.5, 0.6) is 0 Å². The Bertz CT molecular complexity index is 581. The minimum atomic E-state index is 0.588. The largest absolute Gasteiger partial charge is 0.384 e. The highest BCUT2D eigenvalue weighted by molar-refractivity contribution is 5.67. The molecule has 0 spiro atoms. The summed E-state index contributed by atoms with van der Waals surface area (Å²) in [5.74, 6) is 1.36. The van der Waals surface area contributed by atoms with Gasteiger partial charge >= 0.3 is 0 Å². The maximum atomic E-state index is 5.72. The first-order valence-corrected chi connectivity index (χ1v) is 7.56. The van der Waals surface area contributed by atoms with Gasteiger partial charge in [0.1, 0.15) is 5.82 Å². The Morgan fingerprint density at radius 3 is 2.40 bits per heavy atom. The average Bonchev–Trinajstić information content (AvgIpc) is 2.48. The normalized spacial score (nSPS) is 16.2. The molecule has 2 aromatic rings. The molecule has 2 nitrogen and oxygen atoms in total. The topological polar surface area (TPSA) is 38.9 Å². The molecule has 1 fully saturated rings. The van der Waals surface area contributed by atoms with Gasteiger partial charge in [0.15, 0.2) is 0 Å². The summed E-state index contributed by atoms with van der Waals surface area (Å²) in [7, 11) is 0. The fourth-order valence-corrected chi connectivity index (χ4v) is 3.25. The molecule has 2 heteroatoms. The Morgan fingerprint density at radius 1 is 1.05 bits per heavy atom. The summed E-state index contributed by atoms with van der Waals surface area (Å²) in [4.78, 5) is 4.21. The second-order valence-electron chi connectivity index (χ2n) is 5.88. The number of hydrogen-bond acceptors (Lipinski definition) is 2. The highest BCUT2D eigenvalue weighted by atomic mass is 14.8. The Balaban J connectivity index is 1.85. The van der Waals surface area contributed by atoms with E-state index in [4.69, 9.17) is 5.73 Å². The van der Waals surface area contributed by atoms with Crippen LogP contribution in [0.15, 0.2) is 36.5 Å². The van der Waals surface area contributed by atoms with Crippen LogP contribution >= 0.6 is 0 Å². The lowest BCUT2D eigenvalue weighted by molar-refractivity contribution is 0.443. The van der Waals surface area contributed by atoms with Crippen LogP contribution in [0.4, 0.5) is 5.82 Å². The van der Waals surface area contributed by atoms with E-state index in [-0.39, 0.29) is 0 Å². The molecule has 1 aliphatic carbocycles. The zero-order valence-electron chi connectivity index (χ0n) is 12.1. The van der Waals surface area contributed by atoms with E-state index in [1.165, 1.54) is 54.4 Å². The van der Waals surface area contributed by atoms with Crippen molar-refractivity contribution < 1.29 is 0 Å². The number of anilines is 1. The van der Waals surface area contributed by atoms with E-state index in [2.05, 4.69) is 36.2 Å². The Labute approximate surface area is 121 Å². The van der Waals surface area contributed by atoms with Crippen molar-refractivity contribution >= 4 is 5.82 Å². The highest BCUT2D eigenvalue weighted by Crippen LogP contribution is 2.33. The lowest BCUT2D eigenvalue weighted by Gasteiger charge is -2.22. The van der Waals surface area contributed by atoms with Crippen LogP contribution < -0.4 is 5.73 Å². The van der Waals surface area contributed by atoms with E-state index < -0.39 is 0 Å². The van der Waals surface area contributed by atoms with E-state index in [0.717, 1.165) is 5.92 Å². The summed E-state index contributed by atoms with van der Waals surface area (Å²) in [6, 6.07) is 11.0. The number of hydrogen-bond donors (Lipinski definition) is 1. The lowest BCUT2D eigenvalue weighted by atomic mass is 9.83. The fourth-order valence-electron chi connectivity index (χ4n) is 3.25. The van der Waals surface area contributed by atoms with Gasteiger partial charge in [0, 0.05) is 11.8 Å². The first-order valence-electron chi connectivity index (χ1n) is 7.56. The van der Waals surface area contributed by atoms with Gasteiger partial charge in [0.25, 0.3) is 0 Å². The zero-order valence-corrected chi connectivity index (χ0v) is 12.1. The summed E-state index contributed by atoms with van der Waals surface area (Å²) in [6.07, 6.45) is 8.75. The number of rotatable bonds is 2. The van der Waals surface area contributed by atoms with Crippen LogP contribution in [0.3, 0.4) is 0 Å². The smallest absolute Gasteiger partial charge is 0.123 e. The van der Waals surface area contributed by atoms with Crippen LogP contribution in [0, 0.1) is 6.92 Å². The molecule has 0 atom stereocenters. The monoisotopic (exact) mass is 266 g/mol. The molecule has 0 unspecified atom stereocenters. The van der Waals surface area contributed by atoms with Crippen LogP contribution in [0.25, 0.3) is 11.1 Å². The van der Waals surface area contributed by atoms with Gasteiger partial charge < -0.3 is 5.73 Å². The zero-order chi connectivity index (χ0) is 13.9. The van der Waals surface area contributed by atoms with Gasteiger partial charge in [0.05, 0.1) is 0 Å². The van der Waals surface area contributed by atoms with Gasteiger partial charge in [-0.25, -0.2) is 4.98 Å². The molecule has 1 aromatic carbocycles. The molecule has 0 radical (unpaired) electrons. The molecule has 104 valence electrons. The summed E-state index contributed by atoms with van der Waals surface area (Å²) in [5.41, 5.74) is 10.8. The molecule has 0 bridgehead atoms. The first kappa shape index (κ1) is 13.2. The number of nitrogen functional groups attached to an aromatic ring is 1. The number of benzene rings is 1. The van der Waals surface area contributed by atoms with Crippen LogP contribution in [0.2, 0.25) is 0 Å². The number of pyridine rings is 1. The third-order valence-electron chi connectivity index (χ3n) is 4.43. The minimum Gasteiger partial charge on any atom is -0.384 e. The molecule has 0 aliphatic heterocycles. The molecule has 2 N–H and O–H groups in total. The maximum Gasteiger partial charge on any atom is 0.123 e. The fraction of sp³-hybridized carbons (Fsp3) is 0.389. The van der Waals surface area contributed by atoms with E-state index in [0.29, 0.717) is 5.82 Å². The summed E-state index contributed by atoms with van der Waals surface area (Å²) < 4.78 is 0. The Kier molecular flexibility index (Phi) is 3.72. The van der Waals surface area contributed by atoms with Gasteiger partial charge in [-0.05, 0) is 48.4 Å². The van der Waals surface area contributed by atoms with Gasteiger partial charge in [-0.15, -0.1) is 0 Å². The quantitative estimate of drug-likeness (QED) is 0.856. The third-order valence-corrected chi connectivity index (χ3v) is 4.43. The number of nitrogens with zero attached hydrogens (tertiary/aromatic N) is 1. The summed E-state index contributed by atoms with van der Waals surface area (Å²) >= 11 is 0. The average molecular weight is 266 g/mol. The molecule has 1 aliphatic rings. The summed E-state index contributed by atoms with van der Waals surface area (Å²) in [5, 5.41) is 0. The lowest BCUT2D eigenvalue weighted by Crippen LogP contribution is -2.04. The standard InChI is InChI=1S/C18H22N2/c1-13-11-18(19)20-12-17(13)16-9-7-15(8-10-16)14-5-3-2-4-6-14/h7-12,14H,2-6H2,1H3,(H2,19,20). The van der Waals surface area contributed by atoms with E-state index >= 15 is 0 Å². The van der Waals surface area contributed by atoms with E-state index in [1.54, 1.807) is 0 Å². The van der Waals surface area contributed by atoms with E-state index in [1.807, 2.05) is 12.3 Å². The molecule has 1 saturated carbocycles. The maximum absolute atomic E-state index is 5.72. The Morgan fingerprint density at radius 2 is 1.75 bits per heavy atom. The number of nitrogens with two attached hydrogens (primary N) is 1. The van der Waals surface area contributed by atoms with Crippen LogP contribution in [0.1, 0.15) is 49.1 Å². The molecule has 0 saturated heterocycles. The molecular formula is C18H22N2. The second-order valence-corrected chi connectivity index (χ2v) is 5.88. The van der Waals surface area contributed by atoms with Crippen molar-refractivity contribution in [3.8, 4) is 11.1 Å². The Hall–Kier alpha value is -1.83. The molecule has 20 heavy (non-hydrogen) atoms. The van der Waals surface area contributed by atoms with Crippen LogP contribution in [-0.4, -0.2) is 4.98 Å². The van der Waals surface area contributed by atoms with Gasteiger partial charge in [-0.3, -0.25) is 0 Å². The van der Waals surface area contributed by atoms with Crippen molar-refractivity contribution in [3.05, 3.63) is 47.7 Å². The minimum absolute atomic E-state index is 0.588. The van der Waals surface area contributed by atoms with Crippen molar-refractivity contribution in [2.24, 2.45) is 0 Å². The second kappa shape index (κ2) is 5.66. The summed E-state index contributed by atoms with van der Waals surface area (Å²) in [6.45, 7) is 2.09. The number of aryl methyl sites for hydroxylation is 1. The highest BCUT2D eigenvalue weighted by Gasteiger charge is 2.15. The van der Waals surface area contributed by atoms with Gasteiger partial charge in [-0.2, -0.15) is 0 Å². The van der Waals surface area contributed by atoms with Crippen molar-refractivity contribution in [3.63, 3.8) is 0 Å². The molecule has 1 heterocycles. The molecule has 1 aromatic heterocycles. The van der Waals surface area contributed by atoms with Crippen LogP contribution in [-0.2, 0) is 0 Å². The first-order chi connectivity index (χ1) is 9.74. The number of aromatic nitrogens is 1. The molecule has 0 amide bonds. The van der Waals surface area contributed by atoms with Crippen molar-refractivity contribution in [2.75, 3.05) is 5.73 Å². The molecule has 3 rings (SSSR count). The SMILES string of the molecule is Cc1cc(N)ncc1-c1ccc(C2CCCCC2)cc1. The molecular weight excluding hydrogens is 244 g/mol. The predicted molar refractivity (Wildman–Crippen MR) is 84.6 cm³/mol. The third kappa shape index (κ3) is 2.69. The van der Waals surface area contributed by atoms with Crippen molar-refractivity contribution in [2.45, 2.75) is 44.9 Å². The van der Waals surface area contributed by atoms with Gasteiger partial charge in [-0.1, -0.05) is 43.5 Å². The van der Waals surface area contributed by atoms with Crippen molar-refractivity contribution in [1.29, 1.82) is 0 Å². The predicted octanol–water partition coefficient (Wildman–Crippen LogP) is 4.69. The van der Waals surface area contributed by atoms with Gasteiger partial charge in [0.2, 0.25) is 0 Å². The van der Waals surface area contributed by atoms with E-state index in [9.17, 15) is 0 Å². The van der Waals surface area contributed by atoms with Crippen molar-refractivity contribution in [1.82, 2.24) is 4.98 Å².